The zero-order valence-electron chi connectivity index (χ0n) is 10.9. The lowest BCUT2D eigenvalue weighted by atomic mass is 9.98. The van der Waals surface area contributed by atoms with E-state index in [-0.39, 0.29) is 5.60 Å². The second-order valence-corrected chi connectivity index (χ2v) is 5.74. The van der Waals surface area contributed by atoms with E-state index in [1.54, 1.807) is 0 Å². The fourth-order valence-electron chi connectivity index (χ4n) is 2.24. The minimum atomic E-state index is -0.101. The SMILES string of the molecule is CC(C)(C)ON1CCC(c2ccc(N)cc2)C1. The smallest absolute Gasteiger partial charge is 0.0815 e. The zero-order chi connectivity index (χ0) is 12.5. The molecule has 2 rings (SSSR count). The van der Waals surface area contributed by atoms with Gasteiger partial charge in [-0.05, 0) is 44.9 Å². The Hall–Kier alpha value is -1.06. The first-order valence-corrected chi connectivity index (χ1v) is 6.23. The molecule has 1 aromatic rings. The van der Waals surface area contributed by atoms with E-state index in [0.29, 0.717) is 5.92 Å². The van der Waals surface area contributed by atoms with Crippen LogP contribution in [0.1, 0.15) is 38.7 Å². The molecule has 1 saturated heterocycles. The summed E-state index contributed by atoms with van der Waals surface area (Å²) in [5.41, 5.74) is 7.79. The highest BCUT2D eigenvalue weighted by Crippen LogP contribution is 2.29. The van der Waals surface area contributed by atoms with Crippen molar-refractivity contribution in [1.82, 2.24) is 5.06 Å². The maximum Gasteiger partial charge on any atom is 0.0815 e. The Balaban J connectivity index is 1.96. The second-order valence-electron chi connectivity index (χ2n) is 5.74. The summed E-state index contributed by atoms with van der Waals surface area (Å²) in [6, 6.07) is 8.20. The summed E-state index contributed by atoms with van der Waals surface area (Å²) >= 11 is 0. The van der Waals surface area contributed by atoms with E-state index in [2.05, 4.69) is 38.0 Å². The summed E-state index contributed by atoms with van der Waals surface area (Å²) in [4.78, 5) is 5.88. The summed E-state index contributed by atoms with van der Waals surface area (Å²) in [5.74, 6) is 0.568. The molecule has 2 N–H and O–H groups in total. The van der Waals surface area contributed by atoms with E-state index >= 15 is 0 Å². The average molecular weight is 234 g/mol. The molecule has 0 bridgehead atoms. The number of hydrogen-bond donors (Lipinski definition) is 1. The summed E-state index contributed by atoms with van der Waals surface area (Å²) in [7, 11) is 0. The molecule has 17 heavy (non-hydrogen) atoms. The minimum absolute atomic E-state index is 0.101. The fraction of sp³-hybridized carbons (Fsp3) is 0.571. The zero-order valence-corrected chi connectivity index (χ0v) is 10.9. The van der Waals surface area contributed by atoms with E-state index in [4.69, 9.17) is 10.6 Å². The molecule has 0 radical (unpaired) electrons. The van der Waals surface area contributed by atoms with Crippen molar-refractivity contribution in [2.24, 2.45) is 0 Å². The molecule has 3 heteroatoms. The molecule has 0 aliphatic carbocycles. The van der Waals surface area contributed by atoms with E-state index in [9.17, 15) is 0 Å². The van der Waals surface area contributed by atoms with Crippen molar-refractivity contribution in [3.8, 4) is 0 Å². The highest BCUT2D eigenvalue weighted by atomic mass is 16.7. The van der Waals surface area contributed by atoms with Crippen molar-refractivity contribution < 1.29 is 4.84 Å². The molecular formula is C14H22N2O. The van der Waals surface area contributed by atoms with Crippen LogP contribution in [0.4, 0.5) is 5.69 Å². The molecule has 1 heterocycles. The van der Waals surface area contributed by atoms with Crippen LogP contribution in [0.2, 0.25) is 0 Å². The molecule has 0 spiro atoms. The number of nitrogens with two attached hydrogens (primary N) is 1. The highest BCUT2D eigenvalue weighted by molar-refractivity contribution is 5.40. The van der Waals surface area contributed by atoms with E-state index < -0.39 is 0 Å². The molecule has 0 amide bonds. The van der Waals surface area contributed by atoms with Crippen LogP contribution in [0, 0.1) is 0 Å². The van der Waals surface area contributed by atoms with Crippen LogP contribution in [-0.2, 0) is 4.84 Å². The molecule has 3 nitrogen and oxygen atoms in total. The number of rotatable bonds is 2. The monoisotopic (exact) mass is 234 g/mol. The average Bonchev–Trinajstić information content (AvgIpc) is 2.64. The number of benzene rings is 1. The van der Waals surface area contributed by atoms with Crippen molar-refractivity contribution in [3.05, 3.63) is 29.8 Å². The van der Waals surface area contributed by atoms with E-state index in [1.807, 2.05) is 12.1 Å². The van der Waals surface area contributed by atoms with E-state index in [1.165, 1.54) is 5.56 Å². The van der Waals surface area contributed by atoms with Crippen molar-refractivity contribution in [1.29, 1.82) is 0 Å². The van der Waals surface area contributed by atoms with Crippen molar-refractivity contribution in [2.45, 2.75) is 38.7 Å². The first-order chi connectivity index (χ1) is 7.94. The van der Waals surface area contributed by atoms with Gasteiger partial charge in [0, 0.05) is 24.7 Å². The summed E-state index contributed by atoms with van der Waals surface area (Å²) in [6.45, 7) is 8.24. The lowest BCUT2D eigenvalue weighted by molar-refractivity contribution is -0.217. The quantitative estimate of drug-likeness (QED) is 0.800. The first kappa shape index (κ1) is 12.4. The lowest BCUT2D eigenvalue weighted by Crippen LogP contribution is -2.32. The molecule has 0 aromatic heterocycles. The largest absolute Gasteiger partial charge is 0.399 e. The normalized spacial score (nSPS) is 21.9. The van der Waals surface area contributed by atoms with Gasteiger partial charge in [-0.25, -0.2) is 0 Å². The molecule has 1 aliphatic heterocycles. The molecule has 94 valence electrons. The number of nitrogens with zero attached hydrogens (tertiary/aromatic N) is 1. The predicted molar refractivity (Wildman–Crippen MR) is 70.6 cm³/mol. The maximum atomic E-state index is 5.88. The standard InChI is InChI=1S/C14H22N2O/c1-14(2,3)17-16-9-8-12(10-16)11-4-6-13(15)7-5-11/h4-7,12H,8-10,15H2,1-3H3. The highest BCUT2D eigenvalue weighted by Gasteiger charge is 2.27. The Morgan fingerprint density at radius 2 is 1.88 bits per heavy atom. The van der Waals surface area contributed by atoms with Crippen molar-refractivity contribution in [2.75, 3.05) is 18.8 Å². The Morgan fingerprint density at radius 1 is 1.24 bits per heavy atom. The van der Waals surface area contributed by atoms with Crippen LogP contribution in [0.3, 0.4) is 0 Å². The Morgan fingerprint density at radius 3 is 2.47 bits per heavy atom. The van der Waals surface area contributed by atoms with Crippen LogP contribution in [0.25, 0.3) is 0 Å². The third-order valence-electron chi connectivity index (χ3n) is 2.96. The third kappa shape index (κ3) is 3.45. The van der Waals surface area contributed by atoms with Crippen LogP contribution < -0.4 is 5.73 Å². The van der Waals surface area contributed by atoms with Crippen LogP contribution >= 0.6 is 0 Å². The van der Waals surface area contributed by atoms with Gasteiger partial charge >= 0.3 is 0 Å². The topological polar surface area (TPSA) is 38.5 Å². The van der Waals surface area contributed by atoms with Gasteiger partial charge in [0.05, 0.1) is 5.60 Å². The van der Waals surface area contributed by atoms with E-state index in [0.717, 1.165) is 25.2 Å². The van der Waals surface area contributed by atoms with Crippen LogP contribution in [-0.4, -0.2) is 23.8 Å². The van der Waals surface area contributed by atoms with Gasteiger partial charge in [0.2, 0.25) is 0 Å². The number of nitrogen functional groups attached to an aromatic ring is 1. The molecule has 1 aliphatic rings. The van der Waals surface area contributed by atoms with Gasteiger partial charge in [-0.2, -0.15) is 5.06 Å². The van der Waals surface area contributed by atoms with Gasteiger partial charge in [0.1, 0.15) is 0 Å². The molecule has 1 unspecified atom stereocenters. The Bertz CT molecular complexity index is 367. The van der Waals surface area contributed by atoms with Crippen LogP contribution in [0.15, 0.2) is 24.3 Å². The summed E-state index contributed by atoms with van der Waals surface area (Å²) in [6.07, 6.45) is 1.15. The molecule has 1 atom stereocenters. The number of hydrogen-bond acceptors (Lipinski definition) is 3. The Kier molecular flexibility index (Phi) is 3.40. The minimum Gasteiger partial charge on any atom is -0.399 e. The van der Waals surface area contributed by atoms with Gasteiger partial charge in [-0.1, -0.05) is 12.1 Å². The number of hydroxylamine groups is 2. The van der Waals surface area contributed by atoms with Gasteiger partial charge in [-0.3, -0.25) is 4.84 Å². The predicted octanol–water partition coefficient (Wildman–Crippen LogP) is 2.79. The van der Waals surface area contributed by atoms with Gasteiger partial charge in [-0.15, -0.1) is 0 Å². The lowest BCUT2D eigenvalue weighted by Gasteiger charge is -2.26. The summed E-state index contributed by atoms with van der Waals surface area (Å²) < 4.78 is 0. The number of anilines is 1. The van der Waals surface area contributed by atoms with Crippen LogP contribution in [0.5, 0.6) is 0 Å². The molecular weight excluding hydrogens is 212 g/mol. The maximum absolute atomic E-state index is 5.88. The van der Waals surface area contributed by atoms with Gasteiger partial charge in [0.25, 0.3) is 0 Å². The first-order valence-electron chi connectivity index (χ1n) is 6.23. The molecule has 1 aromatic carbocycles. The van der Waals surface area contributed by atoms with Gasteiger partial charge < -0.3 is 5.73 Å². The van der Waals surface area contributed by atoms with Gasteiger partial charge in [0.15, 0.2) is 0 Å². The molecule has 1 fully saturated rings. The fourth-order valence-corrected chi connectivity index (χ4v) is 2.24. The van der Waals surface area contributed by atoms with Crippen molar-refractivity contribution >= 4 is 5.69 Å². The Labute approximate surface area is 104 Å². The van der Waals surface area contributed by atoms with Crippen molar-refractivity contribution in [3.63, 3.8) is 0 Å². The molecule has 0 saturated carbocycles. The second kappa shape index (κ2) is 4.67. The third-order valence-corrected chi connectivity index (χ3v) is 2.96. The summed E-state index contributed by atoms with van der Waals surface area (Å²) in [5, 5.41) is 2.08.